The number of H-pyrrole nitrogens is 1. The van der Waals surface area contributed by atoms with Gasteiger partial charge in [0.1, 0.15) is 12.1 Å². The Kier molecular flexibility index (Phi) is 6.67. The molecule has 230 valence electrons. The van der Waals surface area contributed by atoms with Gasteiger partial charge in [-0.05, 0) is 77.3 Å². The quantitative estimate of drug-likeness (QED) is 0.456. The van der Waals surface area contributed by atoms with Crippen LogP contribution in [0.1, 0.15) is 58.1 Å². The van der Waals surface area contributed by atoms with E-state index in [1.807, 2.05) is 33.0 Å². The SMILES string of the molecule is CC(C)C[C@H]1C(=O)N2CCC[C@H]2C2(O)OC(NC(=O)C3C=C4c5cccc6[nH]c(Br)c(c56)C[C@H]4N(C)C3)(C(C)C)C(=O)N12. The summed E-state index contributed by atoms with van der Waals surface area (Å²) in [5.41, 5.74) is 2.68. The molecule has 43 heavy (non-hydrogen) atoms. The van der Waals surface area contributed by atoms with Crippen molar-refractivity contribution in [2.24, 2.45) is 17.8 Å². The Morgan fingerprint density at radius 1 is 1.26 bits per heavy atom. The number of aromatic amines is 1. The molecule has 3 unspecified atom stereocenters. The van der Waals surface area contributed by atoms with Crippen molar-refractivity contribution in [2.75, 3.05) is 20.1 Å². The van der Waals surface area contributed by atoms with E-state index in [4.69, 9.17) is 4.74 Å². The molecule has 3 N–H and O–H groups in total. The van der Waals surface area contributed by atoms with Gasteiger partial charge < -0.3 is 20.3 Å². The fraction of sp³-hybridized carbons (Fsp3) is 0.594. The molecule has 5 aliphatic rings. The normalized spacial score (nSPS) is 33.7. The number of carbonyl (C=O) groups is 3. The Morgan fingerprint density at radius 3 is 2.74 bits per heavy atom. The molecule has 3 amide bonds. The highest BCUT2D eigenvalue weighted by atomic mass is 79.9. The second kappa shape index (κ2) is 9.89. The molecule has 0 spiro atoms. The van der Waals surface area contributed by atoms with Crippen LogP contribution in [-0.4, -0.2) is 92.4 Å². The van der Waals surface area contributed by atoms with E-state index in [1.165, 1.54) is 15.8 Å². The molecule has 4 aliphatic heterocycles. The summed E-state index contributed by atoms with van der Waals surface area (Å²) in [7, 11) is 2.03. The number of piperazine rings is 1. The number of aliphatic hydroxyl groups is 1. The van der Waals surface area contributed by atoms with E-state index in [9.17, 15) is 19.5 Å². The summed E-state index contributed by atoms with van der Waals surface area (Å²) in [5.74, 6) is -4.01. The number of ether oxygens (including phenoxy) is 1. The zero-order chi connectivity index (χ0) is 30.6. The summed E-state index contributed by atoms with van der Waals surface area (Å²) in [5, 5.41) is 16.3. The van der Waals surface area contributed by atoms with E-state index in [-0.39, 0.29) is 23.8 Å². The average Bonchev–Trinajstić information content (AvgIpc) is 3.63. The first-order valence-corrected chi connectivity index (χ1v) is 16.3. The van der Waals surface area contributed by atoms with Crippen LogP contribution in [0.15, 0.2) is 28.9 Å². The van der Waals surface area contributed by atoms with E-state index in [2.05, 4.69) is 43.3 Å². The predicted molar refractivity (Wildman–Crippen MR) is 164 cm³/mol. The van der Waals surface area contributed by atoms with E-state index in [1.54, 1.807) is 18.7 Å². The Labute approximate surface area is 259 Å². The molecule has 1 aromatic carbocycles. The lowest BCUT2D eigenvalue weighted by molar-refractivity contribution is -0.322. The number of nitrogens with one attached hydrogen (secondary N) is 2. The largest absolute Gasteiger partial charge is 0.349 e. The number of carbonyl (C=O) groups excluding carboxylic acids is 3. The van der Waals surface area contributed by atoms with Gasteiger partial charge in [0.25, 0.3) is 11.8 Å². The lowest BCUT2D eigenvalue weighted by atomic mass is 9.79. The zero-order valence-electron chi connectivity index (χ0n) is 25.3. The minimum atomic E-state index is -2.01. The monoisotopic (exact) mass is 653 g/mol. The van der Waals surface area contributed by atoms with Gasteiger partial charge in [-0.15, -0.1) is 0 Å². The highest BCUT2D eigenvalue weighted by Crippen LogP contribution is 2.49. The van der Waals surface area contributed by atoms with E-state index >= 15 is 0 Å². The Bertz CT molecular complexity index is 1570. The Balaban J connectivity index is 1.25. The van der Waals surface area contributed by atoms with Gasteiger partial charge in [-0.1, -0.05) is 45.9 Å². The van der Waals surface area contributed by atoms with Crippen LogP contribution in [0.2, 0.25) is 0 Å². The summed E-state index contributed by atoms with van der Waals surface area (Å²) >= 11 is 3.70. The molecule has 0 bridgehead atoms. The van der Waals surface area contributed by atoms with Crippen LogP contribution in [0, 0.1) is 17.8 Å². The average molecular weight is 655 g/mol. The lowest BCUT2D eigenvalue weighted by Gasteiger charge is -2.49. The predicted octanol–water partition coefficient (Wildman–Crippen LogP) is 3.19. The molecule has 5 heterocycles. The van der Waals surface area contributed by atoms with Gasteiger partial charge in [0.15, 0.2) is 0 Å². The molecule has 3 saturated heterocycles. The molecule has 10 nitrogen and oxygen atoms in total. The third-order valence-electron chi connectivity index (χ3n) is 10.3. The van der Waals surface area contributed by atoms with Gasteiger partial charge in [0.05, 0.1) is 10.5 Å². The van der Waals surface area contributed by atoms with Crippen LogP contribution in [0.5, 0.6) is 0 Å². The molecule has 6 atom stereocenters. The maximum Gasteiger partial charge on any atom is 0.281 e. The standard InChI is InChI=1S/C32H40BrN5O5/c1-16(2)12-24-29(40)37-11-7-10-25(37)32(42)38(24)30(41)31(43-32,17(3)4)35-28(39)18-13-20-19-8-6-9-22-26(19)21(27(33)34-22)14-23(20)36(5)15-18/h6,8-9,13,16-18,23-25,34,42H,7,10-12,14-15H2,1-5H3,(H,35,39)/t18?,23-,24+,25+,31?,32?/m1/s1. The number of nitrogens with zero attached hydrogens (tertiary/aromatic N) is 3. The second-order valence-electron chi connectivity index (χ2n) is 13.7. The lowest BCUT2D eigenvalue weighted by Crippen LogP contribution is -2.71. The van der Waals surface area contributed by atoms with Crippen LogP contribution in [0.25, 0.3) is 16.5 Å². The number of likely N-dealkylation sites (N-methyl/N-ethyl adjacent to an activating group) is 1. The van der Waals surface area contributed by atoms with Gasteiger partial charge in [-0.2, -0.15) is 0 Å². The number of rotatable bonds is 5. The number of halogens is 1. The molecule has 11 heteroatoms. The van der Waals surface area contributed by atoms with Crippen molar-refractivity contribution in [2.45, 2.75) is 83.1 Å². The molecule has 0 radical (unpaired) electrons. The van der Waals surface area contributed by atoms with Crippen molar-refractivity contribution in [1.29, 1.82) is 0 Å². The van der Waals surface area contributed by atoms with Crippen LogP contribution < -0.4 is 5.32 Å². The second-order valence-corrected chi connectivity index (χ2v) is 14.5. The molecule has 1 aliphatic carbocycles. The fourth-order valence-corrected chi connectivity index (χ4v) is 8.72. The highest BCUT2D eigenvalue weighted by molar-refractivity contribution is 9.10. The van der Waals surface area contributed by atoms with Gasteiger partial charge in [0.2, 0.25) is 17.5 Å². The summed E-state index contributed by atoms with van der Waals surface area (Å²) in [6.45, 7) is 8.57. The van der Waals surface area contributed by atoms with Crippen molar-refractivity contribution < 1.29 is 24.2 Å². The van der Waals surface area contributed by atoms with Crippen molar-refractivity contribution in [1.82, 2.24) is 25.0 Å². The first kappa shape index (κ1) is 29.0. The number of hydrogen-bond acceptors (Lipinski definition) is 6. The van der Waals surface area contributed by atoms with Gasteiger partial charge in [-0.25, -0.2) is 0 Å². The maximum absolute atomic E-state index is 14.4. The number of benzene rings is 1. The smallest absolute Gasteiger partial charge is 0.281 e. The topological polar surface area (TPSA) is 118 Å². The third-order valence-corrected chi connectivity index (χ3v) is 10.9. The molecular weight excluding hydrogens is 614 g/mol. The third kappa shape index (κ3) is 4.04. The minimum Gasteiger partial charge on any atom is -0.349 e. The number of hydrogen-bond donors (Lipinski definition) is 3. The maximum atomic E-state index is 14.4. The first-order valence-electron chi connectivity index (χ1n) is 15.5. The zero-order valence-corrected chi connectivity index (χ0v) is 26.9. The number of amides is 3. The van der Waals surface area contributed by atoms with Gasteiger partial charge >= 0.3 is 0 Å². The van der Waals surface area contributed by atoms with Crippen molar-refractivity contribution in [3.05, 3.63) is 40.0 Å². The number of fused-ring (bicyclic) bond motifs is 5. The minimum absolute atomic E-state index is 0.104. The summed E-state index contributed by atoms with van der Waals surface area (Å²) in [6, 6.07) is 4.76. The first-order chi connectivity index (χ1) is 20.4. The van der Waals surface area contributed by atoms with E-state index in [0.717, 1.165) is 34.1 Å². The van der Waals surface area contributed by atoms with Gasteiger partial charge in [0, 0.05) is 36.0 Å². The Hall–Kier alpha value is -2.73. The summed E-state index contributed by atoms with van der Waals surface area (Å²) in [4.78, 5) is 50.8. The molecular formula is C32H40BrN5O5. The molecule has 7 rings (SSSR count). The van der Waals surface area contributed by atoms with Crippen LogP contribution in [0.4, 0.5) is 0 Å². The van der Waals surface area contributed by atoms with E-state index in [0.29, 0.717) is 25.9 Å². The van der Waals surface area contributed by atoms with Crippen molar-refractivity contribution >= 4 is 50.1 Å². The van der Waals surface area contributed by atoms with Crippen molar-refractivity contribution in [3.8, 4) is 0 Å². The number of aromatic nitrogens is 1. The van der Waals surface area contributed by atoms with E-state index < -0.39 is 41.5 Å². The molecule has 2 aromatic rings. The summed E-state index contributed by atoms with van der Waals surface area (Å²) < 4.78 is 7.43. The van der Waals surface area contributed by atoms with Crippen LogP contribution >= 0.6 is 15.9 Å². The molecule has 3 fully saturated rings. The highest BCUT2D eigenvalue weighted by Gasteiger charge is 2.72. The van der Waals surface area contributed by atoms with Crippen LogP contribution in [-0.2, 0) is 25.5 Å². The molecule has 0 saturated carbocycles. The van der Waals surface area contributed by atoms with Gasteiger partial charge in [-0.3, -0.25) is 28.9 Å². The summed E-state index contributed by atoms with van der Waals surface area (Å²) in [6.07, 6.45) is 4.49. The van der Waals surface area contributed by atoms with Crippen LogP contribution in [0.3, 0.4) is 0 Å². The molecule has 1 aromatic heterocycles. The fourth-order valence-electron chi connectivity index (χ4n) is 8.15. The Morgan fingerprint density at radius 2 is 2.02 bits per heavy atom. The van der Waals surface area contributed by atoms with Crippen molar-refractivity contribution in [3.63, 3.8) is 0 Å².